The minimum Gasteiger partial charge on any atom is -0.377 e. The molecule has 0 spiro atoms. The van der Waals surface area contributed by atoms with Crippen molar-refractivity contribution >= 4 is 10.9 Å². The number of aromatic nitrogens is 5. The smallest absolute Gasteiger partial charge is 0.252 e. The van der Waals surface area contributed by atoms with Gasteiger partial charge in [0.25, 0.3) is 5.56 Å². The molecule has 4 rings (SSSR count). The number of fused-ring (bicyclic) bond motifs is 1. The lowest BCUT2D eigenvalue weighted by Crippen LogP contribution is -2.41. The fourth-order valence-corrected chi connectivity index (χ4v) is 5.24. The Morgan fingerprint density at radius 2 is 2.03 bits per heavy atom. The molecule has 0 amide bonds. The van der Waals surface area contributed by atoms with Crippen molar-refractivity contribution in [2.24, 2.45) is 5.92 Å². The molecule has 35 heavy (non-hydrogen) atoms. The first-order chi connectivity index (χ1) is 16.6. The molecule has 0 saturated carbocycles. The van der Waals surface area contributed by atoms with E-state index in [0.717, 1.165) is 60.3 Å². The van der Waals surface area contributed by atoms with E-state index >= 15 is 0 Å². The number of H-pyrrole nitrogens is 1. The van der Waals surface area contributed by atoms with Crippen molar-refractivity contribution in [3.8, 4) is 0 Å². The number of nitrogens with one attached hydrogen (secondary N) is 1. The van der Waals surface area contributed by atoms with Crippen molar-refractivity contribution in [3.63, 3.8) is 0 Å². The normalized spacial score (nSPS) is 17.7. The summed E-state index contributed by atoms with van der Waals surface area (Å²) in [6, 6.07) is 6.23. The first kappa shape index (κ1) is 25.5. The van der Waals surface area contributed by atoms with Gasteiger partial charge in [-0.25, -0.2) is 4.68 Å². The number of hydrogen-bond acceptors (Lipinski definition) is 6. The second kappa shape index (κ2) is 10.2. The van der Waals surface area contributed by atoms with Crippen LogP contribution in [-0.4, -0.2) is 49.3 Å². The molecule has 1 aliphatic heterocycles. The third kappa shape index (κ3) is 5.33. The molecule has 8 heteroatoms. The molecule has 3 heterocycles. The Bertz CT molecular complexity index is 1220. The zero-order chi connectivity index (χ0) is 25.3. The standard InChI is InChI=1S/C27H40N6O2/c1-8-27(6,7)33-25(29-30-31-33)24(17(2)3)32(16-22-10-9-11-35-22)15-21-14-20-13-18(4)12-19(5)23(20)28-26(21)34/h12-14,17,22,24H,8-11,15-16H2,1-7H3,(H,28,34). The molecule has 0 bridgehead atoms. The summed E-state index contributed by atoms with van der Waals surface area (Å²) in [7, 11) is 0. The molecule has 3 aromatic rings. The van der Waals surface area contributed by atoms with Crippen LogP contribution >= 0.6 is 0 Å². The van der Waals surface area contributed by atoms with E-state index in [1.54, 1.807) is 0 Å². The number of nitrogens with zero attached hydrogens (tertiary/aromatic N) is 5. The lowest BCUT2D eigenvalue weighted by atomic mass is 9.97. The van der Waals surface area contributed by atoms with Gasteiger partial charge in [-0.1, -0.05) is 32.4 Å². The van der Waals surface area contributed by atoms with Crippen LogP contribution in [0.4, 0.5) is 0 Å². The molecule has 0 radical (unpaired) electrons. The number of hydrogen-bond donors (Lipinski definition) is 1. The Hall–Kier alpha value is -2.58. The van der Waals surface area contributed by atoms with Gasteiger partial charge in [-0.05, 0) is 86.4 Å². The van der Waals surface area contributed by atoms with Gasteiger partial charge in [-0.2, -0.15) is 0 Å². The topological polar surface area (TPSA) is 88.9 Å². The van der Waals surface area contributed by atoms with Crippen molar-refractivity contribution in [1.29, 1.82) is 0 Å². The third-order valence-corrected chi connectivity index (χ3v) is 7.43. The highest BCUT2D eigenvalue weighted by Crippen LogP contribution is 2.33. The highest BCUT2D eigenvalue weighted by molar-refractivity contribution is 5.82. The first-order valence-electron chi connectivity index (χ1n) is 12.9. The van der Waals surface area contributed by atoms with Crippen LogP contribution in [0.15, 0.2) is 23.0 Å². The maximum absolute atomic E-state index is 13.2. The minimum absolute atomic E-state index is 0.0437. The fourth-order valence-electron chi connectivity index (χ4n) is 5.24. The number of aromatic amines is 1. The molecular weight excluding hydrogens is 440 g/mol. The summed E-state index contributed by atoms with van der Waals surface area (Å²) in [5, 5.41) is 14.0. The van der Waals surface area contributed by atoms with E-state index < -0.39 is 0 Å². The molecular formula is C27H40N6O2. The lowest BCUT2D eigenvalue weighted by Gasteiger charge is -2.36. The maximum Gasteiger partial charge on any atom is 0.252 e. The Labute approximate surface area is 208 Å². The van der Waals surface area contributed by atoms with Gasteiger partial charge in [0.1, 0.15) is 0 Å². The van der Waals surface area contributed by atoms with E-state index in [0.29, 0.717) is 6.54 Å². The molecule has 1 saturated heterocycles. The summed E-state index contributed by atoms with van der Waals surface area (Å²) in [5.41, 5.74) is 3.67. The van der Waals surface area contributed by atoms with Gasteiger partial charge >= 0.3 is 0 Å². The molecule has 1 aliphatic rings. The van der Waals surface area contributed by atoms with Crippen LogP contribution in [0.1, 0.15) is 82.4 Å². The SMILES string of the molecule is CCC(C)(C)n1nnnc1C(C(C)C)N(Cc1cc2cc(C)cc(C)c2[nH]c1=O)CC1CCCO1. The van der Waals surface area contributed by atoms with E-state index in [9.17, 15) is 4.79 Å². The summed E-state index contributed by atoms with van der Waals surface area (Å²) in [5.74, 6) is 1.08. The van der Waals surface area contributed by atoms with E-state index in [1.807, 2.05) is 17.7 Å². The van der Waals surface area contributed by atoms with Crippen LogP contribution < -0.4 is 5.56 Å². The molecule has 1 aromatic carbocycles. The minimum atomic E-state index is -0.211. The number of tetrazole rings is 1. The van der Waals surface area contributed by atoms with Crippen LogP contribution in [-0.2, 0) is 16.8 Å². The summed E-state index contributed by atoms with van der Waals surface area (Å²) in [4.78, 5) is 18.7. The first-order valence-corrected chi connectivity index (χ1v) is 12.9. The Kier molecular flexibility index (Phi) is 7.43. The van der Waals surface area contributed by atoms with Gasteiger partial charge in [-0.15, -0.1) is 5.10 Å². The van der Waals surface area contributed by atoms with Gasteiger partial charge in [0, 0.05) is 25.3 Å². The van der Waals surface area contributed by atoms with Crippen molar-refractivity contribution in [2.45, 2.75) is 92.0 Å². The maximum atomic E-state index is 13.2. The second-order valence-electron chi connectivity index (χ2n) is 11.0. The number of ether oxygens (including phenoxy) is 1. The van der Waals surface area contributed by atoms with Crippen LogP contribution in [0.3, 0.4) is 0 Å². The quantitative estimate of drug-likeness (QED) is 0.479. The Morgan fingerprint density at radius 3 is 2.69 bits per heavy atom. The van der Waals surface area contributed by atoms with Gasteiger partial charge in [0.05, 0.1) is 23.2 Å². The van der Waals surface area contributed by atoms with Crippen molar-refractivity contribution < 1.29 is 4.74 Å². The molecule has 1 fully saturated rings. The zero-order valence-corrected chi connectivity index (χ0v) is 22.3. The number of pyridine rings is 1. The molecule has 8 nitrogen and oxygen atoms in total. The summed E-state index contributed by atoms with van der Waals surface area (Å²) in [6.45, 7) is 17.0. The molecule has 190 valence electrons. The fraction of sp³-hybridized carbons (Fsp3) is 0.630. The van der Waals surface area contributed by atoms with E-state index in [1.165, 1.54) is 5.56 Å². The third-order valence-electron chi connectivity index (χ3n) is 7.43. The van der Waals surface area contributed by atoms with Crippen LogP contribution in [0.25, 0.3) is 10.9 Å². The number of rotatable bonds is 9. The van der Waals surface area contributed by atoms with Crippen molar-refractivity contribution in [1.82, 2.24) is 30.1 Å². The molecule has 2 atom stereocenters. The summed E-state index contributed by atoms with van der Waals surface area (Å²) in [6.07, 6.45) is 3.15. The average molecular weight is 481 g/mol. The predicted molar refractivity (Wildman–Crippen MR) is 138 cm³/mol. The van der Waals surface area contributed by atoms with Crippen LogP contribution in [0, 0.1) is 19.8 Å². The average Bonchev–Trinajstić information content (AvgIpc) is 3.47. The molecule has 0 aliphatic carbocycles. The highest BCUT2D eigenvalue weighted by Gasteiger charge is 2.35. The van der Waals surface area contributed by atoms with Gasteiger partial charge in [0.15, 0.2) is 5.82 Å². The van der Waals surface area contributed by atoms with E-state index in [4.69, 9.17) is 4.74 Å². The highest BCUT2D eigenvalue weighted by atomic mass is 16.5. The summed E-state index contributed by atoms with van der Waals surface area (Å²) >= 11 is 0. The Balaban J connectivity index is 1.78. The molecule has 2 aromatic heterocycles. The summed E-state index contributed by atoms with van der Waals surface area (Å²) < 4.78 is 8.00. The Morgan fingerprint density at radius 1 is 1.26 bits per heavy atom. The van der Waals surface area contributed by atoms with Crippen LogP contribution in [0.2, 0.25) is 0 Å². The van der Waals surface area contributed by atoms with Gasteiger partial charge in [0.2, 0.25) is 0 Å². The van der Waals surface area contributed by atoms with Gasteiger partial charge in [-0.3, -0.25) is 9.69 Å². The van der Waals surface area contributed by atoms with Crippen LogP contribution in [0.5, 0.6) is 0 Å². The van der Waals surface area contributed by atoms with Crippen molar-refractivity contribution in [3.05, 3.63) is 51.1 Å². The monoisotopic (exact) mass is 480 g/mol. The number of benzene rings is 1. The predicted octanol–water partition coefficient (Wildman–Crippen LogP) is 4.65. The molecule has 2 unspecified atom stereocenters. The van der Waals surface area contributed by atoms with Crippen molar-refractivity contribution in [2.75, 3.05) is 13.2 Å². The molecule has 1 N–H and O–H groups in total. The van der Waals surface area contributed by atoms with E-state index in [-0.39, 0.29) is 29.2 Å². The zero-order valence-electron chi connectivity index (χ0n) is 22.3. The second-order valence-corrected chi connectivity index (χ2v) is 11.0. The van der Waals surface area contributed by atoms with Gasteiger partial charge < -0.3 is 9.72 Å². The largest absolute Gasteiger partial charge is 0.377 e. The van der Waals surface area contributed by atoms with E-state index in [2.05, 4.69) is 79.1 Å². The number of aryl methyl sites for hydroxylation is 2. The lowest BCUT2D eigenvalue weighted by molar-refractivity contribution is 0.0368.